The van der Waals surface area contributed by atoms with Crippen molar-refractivity contribution in [3.8, 4) is 11.4 Å². The summed E-state index contributed by atoms with van der Waals surface area (Å²) >= 11 is 0. The summed E-state index contributed by atoms with van der Waals surface area (Å²) in [5, 5.41) is 0. The van der Waals surface area contributed by atoms with Crippen molar-refractivity contribution < 1.29 is 0 Å². The fourth-order valence-corrected chi connectivity index (χ4v) is 2.46. The zero-order valence-corrected chi connectivity index (χ0v) is 11.7. The Labute approximate surface area is 119 Å². The minimum atomic E-state index is 0.700. The van der Waals surface area contributed by atoms with Gasteiger partial charge in [0, 0.05) is 11.8 Å². The van der Waals surface area contributed by atoms with E-state index in [2.05, 4.69) is 53.9 Å². The first-order chi connectivity index (χ1) is 9.79. The Bertz CT molecular complexity index is 711. The van der Waals surface area contributed by atoms with Gasteiger partial charge in [-0.3, -0.25) is 4.40 Å². The Morgan fingerprint density at radius 2 is 1.90 bits per heavy atom. The maximum absolute atomic E-state index is 5.62. The van der Waals surface area contributed by atoms with Crippen LogP contribution in [0.1, 0.15) is 17.7 Å². The third-order valence-electron chi connectivity index (χ3n) is 3.55. The van der Waals surface area contributed by atoms with E-state index >= 15 is 0 Å². The zero-order chi connectivity index (χ0) is 13.9. The van der Waals surface area contributed by atoms with Crippen LogP contribution in [0.5, 0.6) is 0 Å². The number of rotatable bonds is 4. The molecule has 0 bridgehead atoms. The Balaban J connectivity index is 2.13. The maximum atomic E-state index is 5.62. The highest BCUT2D eigenvalue weighted by molar-refractivity contribution is 5.65. The lowest BCUT2D eigenvalue weighted by molar-refractivity contribution is 0.820. The van der Waals surface area contributed by atoms with E-state index in [-0.39, 0.29) is 0 Å². The van der Waals surface area contributed by atoms with Gasteiger partial charge in [0.15, 0.2) is 0 Å². The molecule has 0 aliphatic carbocycles. The van der Waals surface area contributed by atoms with Crippen LogP contribution in [-0.4, -0.2) is 15.9 Å². The van der Waals surface area contributed by atoms with E-state index in [0.29, 0.717) is 6.54 Å². The smallest absolute Gasteiger partial charge is 0.144 e. The molecule has 3 rings (SSSR count). The van der Waals surface area contributed by atoms with Crippen molar-refractivity contribution in [3.63, 3.8) is 0 Å². The molecule has 3 aromatic rings. The number of pyridine rings is 1. The first-order valence-corrected chi connectivity index (χ1v) is 7.02. The number of benzene rings is 1. The van der Waals surface area contributed by atoms with Gasteiger partial charge in [-0.05, 0) is 38.4 Å². The lowest BCUT2D eigenvalue weighted by atomic mass is 10.1. The minimum Gasteiger partial charge on any atom is -0.330 e. The third kappa shape index (κ3) is 2.32. The molecule has 2 heterocycles. The molecule has 0 fully saturated rings. The molecule has 0 aliphatic rings. The molecule has 0 spiro atoms. The largest absolute Gasteiger partial charge is 0.330 e. The molecule has 3 nitrogen and oxygen atoms in total. The van der Waals surface area contributed by atoms with Crippen molar-refractivity contribution in [2.75, 3.05) is 6.54 Å². The van der Waals surface area contributed by atoms with Gasteiger partial charge in [0.1, 0.15) is 5.82 Å². The molecule has 1 aromatic carbocycles. The van der Waals surface area contributed by atoms with Gasteiger partial charge < -0.3 is 5.73 Å². The number of aryl methyl sites for hydroxylation is 2. The van der Waals surface area contributed by atoms with Gasteiger partial charge in [-0.25, -0.2) is 4.98 Å². The standard InChI is InChI=1S/C17H19N3/c1-13-7-9-14(10-8-13)17-19-15(5-4-11-18)16-6-2-3-12-20(16)17/h2-3,6-10,12H,4-5,11,18H2,1H3. The molecule has 0 radical (unpaired) electrons. The fourth-order valence-electron chi connectivity index (χ4n) is 2.46. The predicted molar refractivity (Wildman–Crippen MR) is 82.7 cm³/mol. The molecule has 2 N–H and O–H groups in total. The Morgan fingerprint density at radius 3 is 2.65 bits per heavy atom. The fraction of sp³-hybridized carbons (Fsp3) is 0.235. The highest BCUT2D eigenvalue weighted by Gasteiger charge is 2.11. The van der Waals surface area contributed by atoms with Gasteiger partial charge >= 0.3 is 0 Å². The van der Waals surface area contributed by atoms with Crippen LogP contribution in [0.15, 0.2) is 48.7 Å². The number of hydrogen-bond acceptors (Lipinski definition) is 2. The summed E-state index contributed by atoms with van der Waals surface area (Å²) in [6.45, 7) is 2.80. The summed E-state index contributed by atoms with van der Waals surface area (Å²) < 4.78 is 2.16. The van der Waals surface area contributed by atoms with Gasteiger partial charge in [0.05, 0.1) is 11.2 Å². The Hall–Kier alpha value is -2.13. The average molecular weight is 265 g/mol. The van der Waals surface area contributed by atoms with Gasteiger partial charge in [-0.2, -0.15) is 0 Å². The summed E-state index contributed by atoms with van der Waals surface area (Å²) in [6, 6.07) is 14.7. The van der Waals surface area contributed by atoms with Crippen molar-refractivity contribution in [1.29, 1.82) is 0 Å². The summed E-state index contributed by atoms with van der Waals surface area (Å²) in [5.74, 6) is 1.01. The summed E-state index contributed by atoms with van der Waals surface area (Å²) in [4.78, 5) is 4.83. The van der Waals surface area contributed by atoms with E-state index in [1.807, 2.05) is 6.07 Å². The zero-order valence-electron chi connectivity index (χ0n) is 11.7. The van der Waals surface area contributed by atoms with E-state index in [4.69, 9.17) is 10.7 Å². The second kappa shape index (κ2) is 5.47. The minimum absolute atomic E-state index is 0.700. The first kappa shape index (κ1) is 12.9. The second-order valence-electron chi connectivity index (χ2n) is 5.10. The lowest BCUT2D eigenvalue weighted by Gasteiger charge is -2.01. The third-order valence-corrected chi connectivity index (χ3v) is 3.55. The molecule has 3 heteroatoms. The van der Waals surface area contributed by atoms with Crippen LogP contribution < -0.4 is 5.73 Å². The maximum Gasteiger partial charge on any atom is 0.144 e. The molecule has 0 unspecified atom stereocenters. The number of nitrogens with zero attached hydrogens (tertiary/aromatic N) is 2. The predicted octanol–water partition coefficient (Wildman–Crippen LogP) is 3.20. The van der Waals surface area contributed by atoms with E-state index in [9.17, 15) is 0 Å². The first-order valence-electron chi connectivity index (χ1n) is 7.02. The van der Waals surface area contributed by atoms with E-state index in [0.717, 1.165) is 29.9 Å². The molecule has 0 atom stereocenters. The SMILES string of the molecule is Cc1ccc(-c2nc(CCCN)c3ccccn23)cc1. The summed E-state index contributed by atoms with van der Waals surface area (Å²) in [7, 11) is 0. The van der Waals surface area contributed by atoms with Gasteiger partial charge in [0.2, 0.25) is 0 Å². The number of aromatic nitrogens is 2. The molecular weight excluding hydrogens is 246 g/mol. The van der Waals surface area contributed by atoms with Crippen LogP contribution in [0.25, 0.3) is 16.9 Å². The van der Waals surface area contributed by atoms with Crippen molar-refractivity contribution in [2.45, 2.75) is 19.8 Å². The molecular formula is C17H19N3. The second-order valence-corrected chi connectivity index (χ2v) is 5.10. The van der Waals surface area contributed by atoms with Crippen LogP contribution in [0.4, 0.5) is 0 Å². The molecule has 0 saturated carbocycles. The van der Waals surface area contributed by atoms with Crippen molar-refractivity contribution >= 4 is 5.52 Å². The van der Waals surface area contributed by atoms with Crippen molar-refractivity contribution in [1.82, 2.24) is 9.38 Å². The molecule has 0 saturated heterocycles. The Morgan fingerprint density at radius 1 is 1.10 bits per heavy atom. The Kier molecular flexibility index (Phi) is 3.52. The van der Waals surface area contributed by atoms with Gasteiger partial charge in [-0.1, -0.05) is 35.9 Å². The topological polar surface area (TPSA) is 43.3 Å². The van der Waals surface area contributed by atoms with Crippen molar-refractivity contribution in [3.05, 3.63) is 59.9 Å². The normalized spacial score (nSPS) is 11.1. The van der Waals surface area contributed by atoms with Crippen LogP contribution in [0.2, 0.25) is 0 Å². The van der Waals surface area contributed by atoms with Gasteiger partial charge in [0.25, 0.3) is 0 Å². The highest BCUT2D eigenvalue weighted by Crippen LogP contribution is 2.23. The highest BCUT2D eigenvalue weighted by atomic mass is 15.0. The van der Waals surface area contributed by atoms with E-state index in [1.54, 1.807) is 0 Å². The van der Waals surface area contributed by atoms with Crippen LogP contribution in [0.3, 0.4) is 0 Å². The van der Waals surface area contributed by atoms with Crippen LogP contribution >= 0.6 is 0 Å². The van der Waals surface area contributed by atoms with Crippen LogP contribution in [-0.2, 0) is 6.42 Å². The summed E-state index contributed by atoms with van der Waals surface area (Å²) in [5.41, 5.74) is 10.3. The molecule has 0 amide bonds. The molecule has 102 valence electrons. The van der Waals surface area contributed by atoms with Gasteiger partial charge in [-0.15, -0.1) is 0 Å². The lowest BCUT2D eigenvalue weighted by Crippen LogP contribution is -2.00. The van der Waals surface area contributed by atoms with Crippen LogP contribution in [0, 0.1) is 6.92 Å². The number of fused-ring (bicyclic) bond motifs is 1. The monoisotopic (exact) mass is 265 g/mol. The number of imidazole rings is 1. The summed E-state index contributed by atoms with van der Waals surface area (Å²) in [6.07, 6.45) is 3.97. The average Bonchev–Trinajstić information content (AvgIpc) is 2.85. The van der Waals surface area contributed by atoms with E-state index < -0.39 is 0 Å². The number of nitrogens with two attached hydrogens (primary N) is 1. The van der Waals surface area contributed by atoms with E-state index in [1.165, 1.54) is 11.1 Å². The molecule has 0 aliphatic heterocycles. The number of hydrogen-bond donors (Lipinski definition) is 1. The quantitative estimate of drug-likeness (QED) is 0.787. The van der Waals surface area contributed by atoms with Crippen molar-refractivity contribution in [2.24, 2.45) is 5.73 Å². The molecule has 20 heavy (non-hydrogen) atoms. The molecule has 2 aromatic heterocycles.